The van der Waals surface area contributed by atoms with Crippen molar-refractivity contribution in [3.63, 3.8) is 0 Å². The molecule has 0 aromatic heterocycles. The number of nitrogens with two attached hydrogens (primary N) is 1. The number of likely N-dealkylation sites (N-methyl/N-ethyl adjacent to an activating group) is 1. The summed E-state index contributed by atoms with van der Waals surface area (Å²) in [5, 5.41) is 8.45. The lowest BCUT2D eigenvalue weighted by Gasteiger charge is -2.15. The molecule has 0 spiro atoms. The van der Waals surface area contributed by atoms with Crippen molar-refractivity contribution in [3.05, 3.63) is 41.2 Å². The fraction of sp³-hybridized carbons (Fsp3) is 0.154. The smallest absolute Gasteiger partial charge is 0.328 e. The molecule has 0 aliphatic heterocycles. The van der Waals surface area contributed by atoms with Gasteiger partial charge in [-0.25, -0.2) is 9.18 Å². The monoisotopic (exact) mass is 280 g/mol. The van der Waals surface area contributed by atoms with Crippen LogP contribution in [0, 0.1) is 5.82 Å². The number of benzene rings is 1. The largest absolute Gasteiger partial charge is 0.478 e. The molecule has 106 valence electrons. The van der Waals surface area contributed by atoms with Crippen molar-refractivity contribution in [2.24, 2.45) is 5.73 Å². The summed E-state index contributed by atoms with van der Waals surface area (Å²) in [6.07, 6.45) is 1.87. The number of hydrogen-bond donors (Lipinski definition) is 2. The molecule has 0 heterocycles. The van der Waals surface area contributed by atoms with Crippen molar-refractivity contribution in [3.8, 4) is 0 Å². The first-order valence-corrected chi connectivity index (χ1v) is 5.55. The van der Waals surface area contributed by atoms with E-state index in [9.17, 15) is 18.8 Å². The normalized spacial score (nSPS) is 10.5. The summed E-state index contributed by atoms with van der Waals surface area (Å²) in [5.74, 6) is -3.18. The molecule has 0 radical (unpaired) electrons. The van der Waals surface area contributed by atoms with E-state index in [0.29, 0.717) is 0 Å². The maximum Gasteiger partial charge on any atom is 0.328 e. The fourth-order valence-electron chi connectivity index (χ4n) is 1.48. The van der Waals surface area contributed by atoms with Crippen LogP contribution in [0.1, 0.15) is 15.9 Å². The first-order valence-electron chi connectivity index (χ1n) is 5.55. The molecular formula is C13H13FN2O4. The van der Waals surface area contributed by atoms with E-state index in [0.717, 1.165) is 23.1 Å². The van der Waals surface area contributed by atoms with E-state index in [1.807, 2.05) is 0 Å². The molecule has 0 aliphatic rings. The summed E-state index contributed by atoms with van der Waals surface area (Å²) >= 11 is 0. The van der Waals surface area contributed by atoms with E-state index >= 15 is 0 Å². The van der Waals surface area contributed by atoms with E-state index in [2.05, 4.69) is 0 Å². The Morgan fingerprint density at radius 1 is 1.40 bits per heavy atom. The van der Waals surface area contributed by atoms with Crippen LogP contribution < -0.4 is 5.73 Å². The molecule has 0 aliphatic carbocycles. The third-order valence-electron chi connectivity index (χ3n) is 2.39. The number of rotatable bonds is 5. The van der Waals surface area contributed by atoms with E-state index in [1.54, 1.807) is 0 Å². The van der Waals surface area contributed by atoms with Crippen molar-refractivity contribution < 1.29 is 23.9 Å². The van der Waals surface area contributed by atoms with Crippen molar-refractivity contribution in [1.29, 1.82) is 0 Å². The minimum atomic E-state index is -1.20. The molecule has 1 aromatic carbocycles. The Balaban J connectivity index is 2.94. The molecule has 0 atom stereocenters. The predicted molar refractivity (Wildman–Crippen MR) is 69.2 cm³/mol. The zero-order valence-electron chi connectivity index (χ0n) is 10.7. The first-order chi connectivity index (χ1) is 9.31. The number of carbonyl (C=O) groups excluding carboxylic acids is 2. The van der Waals surface area contributed by atoms with Gasteiger partial charge in [0.05, 0.1) is 6.54 Å². The van der Waals surface area contributed by atoms with E-state index in [1.165, 1.54) is 19.2 Å². The molecule has 0 fully saturated rings. The Kier molecular flexibility index (Phi) is 4.96. The van der Waals surface area contributed by atoms with Crippen LogP contribution in [0.5, 0.6) is 0 Å². The van der Waals surface area contributed by atoms with E-state index in [-0.39, 0.29) is 17.7 Å². The van der Waals surface area contributed by atoms with Crippen molar-refractivity contribution in [1.82, 2.24) is 4.90 Å². The minimum Gasteiger partial charge on any atom is -0.478 e. The molecule has 3 N–H and O–H groups in total. The van der Waals surface area contributed by atoms with E-state index < -0.39 is 23.6 Å². The second kappa shape index (κ2) is 6.46. The number of aliphatic carboxylic acids is 1. The molecule has 0 saturated heterocycles. The fourth-order valence-corrected chi connectivity index (χ4v) is 1.48. The van der Waals surface area contributed by atoms with Gasteiger partial charge >= 0.3 is 5.97 Å². The van der Waals surface area contributed by atoms with Gasteiger partial charge in [0.2, 0.25) is 5.91 Å². The van der Waals surface area contributed by atoms with Gasteiger partial charge in [-0.15, -0.1) is 0 Å². The molecule has 20 heavy (non-hydrogen) atoms. The van der Waals surface area contributed by atoms with Gasteiger partial charge in [0.15, 0.2) is 0 Å². The zero-order chi connectivity index (χ0) is 15.3. The average Bonchev–Trinajstić information content (AvgIpc) is 2.35. The highest BCUT2D eigenvalue weighted by Crippen LogP contribution is 2.13. The number of hydrogen-bond acceptors (Lipinski definition) is 3. The summed E-state index contributed by atoms with van der Waals surface area (Å²) in [4.78, 5) is 34.0. The number of carbonyl (C=O) groups is 3. The lowest BCUT2D eigenvalue weighted by molar-refractivity contribution is -0.131. The summed E-state index contributed by atoms with van der Waals surface area (Å²) in [6.45, 7) is -0.277. The van der Waals surface area contributed by atoms with Crippen molar-refractivity contribution in [2.75, 3.05) is 13.6 Å². The van der Waals surface area contributed by atoms with Crippen LogP contribution in [0.3, 0.4) is 0 Å². The zero-order valence-corrected chi connectivity index (χ0v) is 10.7. The Bertz CT molecular complexity index is 584. The number of carboxylic acid groups (broad SMARTS) is 1. The lowest BCUT2D eigenvalue weighted by Crippen LogP contribution is -2.35. The molecule has 1 aromatic rings. The van der Waals surface area contributed by atoms with Gasteiger partial charge in [0, 0.05) is 24.3 Å². The van der Waals surface area contributed by atoms with Gasteiger partial charge in [-0.3, -0.25) is 9.59 Å². The Morgan fingerprint density at radius 2 is 2.05 bits per heavy atom. The van der Waals surface area contributed by atoms with Crippen LogP contribution in [0.25, 0.3) is 6.08 Å². The van der Waals surface area contributed by atoms with Gasteiger partial charge < -0.3 is 15.7 Å². The molecular weight excluding hydrogens is 267 g/mol. The summed E-state index contributed by atoms with van der Waals surface area (Å²) in [5.41, 5.74) is 5.04. The second-order valence-corrected chi connectivity index (χ2v) is 4.04. The van der Waals surface area contributed by atoms with Crippen molar-refractivity contribution >= 4 is 23.9 Å². The van der Waals surface area contributed by atoms with Gasteiger partial charge in [0.25, 0.3) is 5.91 Å². The highest BCUT2D eigenvalue weighted by Gasteiger charge is 2.14. The molecule has 0 unspecified atom stereocenters. The van der Waals surface area contributed by atoms with Crippen LogP contribution in [0.15, 0.2) is 24.3 Å². The summed E-state index contributed by atoms with van der Waals surface area (Å²) in [7, 11) is 1.36. The first kappa shape index (κ1) is 15.4. The van der Waals surface area contributed by atoms with Gasteiger partial charge in [-0.05, 0) is 18.2 Å². The van der Waals surface area contributed by atoms with Crippen molar-refractivity contribution in [2.45, 2.75) is 0 Å². The number of nitrogens with zero attached hydrogens (tertiary/aromatic N) is 1. The maximum absolute atomic E-state index is 13.7. The van der Waals surface area contributed by atoms with E-state index in [4.69, 9.17) is 10.8 Å². The standard InChI is InChI=1S/C13H13FN2O4/c1-16(7-11(15)17)13(20)9-3-2-8(10(14)6-9)4-5-12(18)19/h2-6H,7H2,1H3,(H2,15,17)(H,18,19). The highest BCUT2D eigenvalue weighted by molar-refractivity contribution is 5.96. The highest BCUT2D eigenvalue weighted by atomic mass is 19.1. The number of carboxylic acids is 1. The Hall–Kier alpha value is -2.70. The summed E-state index contributed by atoms with van der Waals surface area (Å²) < 4.78 is 13.7. The Morgan fingerprint density at radius 3 is 2.55 bits per heavy atom. The van der Waals surface area contributed by atoms with Crippen LogP contribution in [-0.2, 0) is 9.59 Å². The summed E-state index contributed by atoms with van der Waals surface area (Å²) in [6, 6.07) is 3.59. The molecule has 7 heteroatoms. The number of amides is 2. The van der Waals surface area contributed by atoms with Crippen LogP contribution >= 0.6 is 0 Å². The molecule has 1 rings (SSSR count). The third kappa shape index (κ3) is 4.20. The predicted octanol–water partition coefficient (Wildman–Crippen LogP) is 0.481. The number of halogens is 1. The van der Waals surface area contributed by atoms with Crippen LogP contribution in [0.2, 0.25) is 0 Å². The SMILES string of the molecule is CN(CC(N)=O)C(=O)c1ccc(C=CC(=O)O)c(F)c1. The maximum atomic E-state index is 13.7. The molecule has 6 nitrogen and oxygen atoms in total. The molecule has 0 bridgehead atoms. The molecule has 2 amide bonds. The van der Waals surface area contributed by atoms with Gasteiger partial charge in [0.1, 0.15) is 5.82 Å². The molecule has 0 saturated carbocycles. The third-order valence-corrected chi connectivity index (χ3v) is 2.39. The topological polar surface area (TPSA) is 101 Å². The number of primary amides is 1. The quantitative estimate of drug-likeness (QED) is 0.766. The van der Waals surface area contributed by atoms with Crippen LogP contribution in [0.4, 0.5) is 4.39 Å². The minimum absolute atomic E-state index is 0.0405. The van der Waals surface area contributed by atoms with Gasteiger partial charge in [-0.2, -0.15) is 0 Å². The Labute approximate surface area is 114 Å². The second-order valence-electron chi connectivity index (χ2n) is 4.04. The van der Waals surface area contributed by atoms with Gasteiger partial charge in [-0.1, -0.05) is 6.07 Å². The average molecular weight is 280 g/mol. The lowest BCUT2D eigenvalue weighted by atomic mass is 10.1. The van der Waals surface area contributed by atoms with Crippen LogP contribution in [-0.4, -0.2) is 41.4 Å².